The first-order chi connectivity index (χ1) is 13.7. The molecule has 0 radical (unpaired) electrons. The van der Waals surface area contributed by atoms with Gasteiger partial charge in [-0.05, 0) is 49.4 Å². The smallest absolute Gasteiger partial charge is 0.184 e. The van der Waals surface area contributed by atoms with Crippen molar-refractivity contribution in [1.82, 2.24) is 25.1 Å². The maximum absolute atomic E-state index is 12.7. The Balaban J connectivity index is 1.53. The monoisotopic (exact) mass is 367 g/mol. The minimum atomic E-state index is 0.0189. The summed E-state index contributed by atoms with van der Waals surface area (Å²) in [6.07, 6.45) is 3.78. The molecule has 4 aromatic heterocycles. The van der Waals surface area contributed by atoms with Crippen LogP contribution in [0.5, 0.6) is 0 Å². The molecule has 6 nitrogen and oxygen atoms in total. The van der Waals surface area contributed by atoms with E-state index in [-0.39, 0.29) is 12.2 Å². The predicted molar refractivity (Wildman–Crippen MR) is 108 cm³/mol. The first-order valence-corrected chi connectivity index (χ1v) is 9.04. The Morgan fingerprint density at radius 1 is 1.04 bits per heavy atom. The van der Waals surface area contributed by atoms with Gasteiger partial charge >= 0.3 is 0 Å². The number of aromatic nitrogens is 5. The third kappa shape index (κ3) is 2.85. The topological polar surface area (TPSA) is 87.3 Å². The second-order valence-electron chi connectivity index (χ2n) is 6.85. The van der Waals surface area contributed by atoms with E-state index in [9.17, 15) is 4.79 Å². The van der Waals surface area contributed by atoms with Crippen LogP contribution in [0.4, 0.5) is 0 Å². The van der Waals surface area contributed by atoms with Crippen molar-refractivity contribution in [3.8, 4) is 11.3 Å². The molecule has 1 aromatic carbocycles. The Morgan fingerprint density at radius 2 is 1.89 bits per heavy atom. The third-order valence-corrected chi connectivity index (χ3v) is 4.84. The molecule has 5 rings (SSSR count). The minimum absolute atomic E-state index is 0.0189. The normalized spacial score (nSPS) is 11.3. The number of nitrogens with zero attached hydrogens (tertiary/aromatic N) is 3. The van der Waals surface area contributed by atoms with Crippen LogP contribution in [0.15, 0.2) is 60.9 Å². The molecule has 5 aromatic rings. The van der Waals surface area contributed by atoms with Crippen molar-refractivity contribution < 1.29 is 4.79 Å². The van der Waals surface area contributed by atoms with Gasteiger partial charge in [0, 0.05) is 45.6 Å². The van der Waals surface area contributed by atoms with E-state index < -0.39 is 0 Å². The number of rotatable bonds is 4. The van der Waals surface area contributed by atoms with Crippen LogP contribution in [-0.4, -0.2) is 30.9 Å². The number of aryl methyl sites for hydroxylation is 1. The minimum Gasteiger partial charge on any atom is -0.352 e. The molecule has 0 aliphatic rings. The van der Waals surface area contributed by atoms with Gasteiger partial charge in [-0.3, -0.25) is 19.9 Å². The summed E-state index contributed by atoms with van der Waals surface area (Å²) in [7, 11) is 0. The molecule has 0 spiro atoms. The molecule has 0 atom stereocenters. The second-order valence-corrected chi connectivity index (χ2v) is 6.85. The molecule has 0 saturated heterocycles. The van der Waals surface area contributed by atoms with E-state index in [0.717, 1.165) is 44.5 Å². The van der Waals surface area contributed by atoms with E-state index in [1.54, 1.807) is 12.4 Å². The number of pyridine rings is 2. The molecule has 0 aliphatic carbocycles. The van der Waals surface area contributed by atoms with Crippen molar-refractivity contribution in [2.75, 3.05) is 0 Å². The number of hydrogen-bond acceptors (Lipinski definition) is 4. The number of benzene rings is 1. The van der Waals surface area contributed by atoms with Crippen molar-refractivity contribution in [3.63, 3.8) is 0 Å². The van der Waals surface area contributed by atoms with Gasteiger partial charge in [-0.15, -0.1) is 0 Å². The van der Waals surface area contributed by atoms with Crippen LogP contribution in [0.2, 0.25) is 0 Å². The molecule has 2 N–H and O–H groups in total. The molecule has 4 heterocycles. The number of hydrogen-bond donors (Lipinski definition) is 2. The lowest BCUT2D eigenvalue weighted by Crippen LogP contribution is -2.05. The molecular formula is C22H17N5O. The third-order valence-electron chi connectivity index (χ3n) is 4.84. The summed E-state index contributed by atoms with van der Waals surface area (Å²) in [5, 5.41) is 9.51. The van der Waals surface area contributed by atoms with Crippen LogP contribution in [0.1, 0.15) is 21.9 Å². The first kappa shape index (κ1) is 16.4. The van der Waals surface area contributed by atoms with Crippen LogP contribution in [-0.2, 0) is 6.42 Å². The average Bonchev–Trinajstić information content (AvgIpc) is 3.30. The van der Waals surface area contributed by atoms with E-state index in [1.807, 2.05) is 49.4 Å². The summed E-state index contributed by atoms with van der Waals surface area (Å²) in [5.74, 6) is 0.0189. The van der Waals surface area contributed by atoms with Crippen molar-refractivity contribution in [3.05, 3.63) is 78.0 Å². The largest absolute Gasteiger partial charge is 0.352 e. The van der Waals surface area contributed by atoms with Crippen molar-refractivity contribution in [1.29, 1.82) is 0 Å². The van der Waals surface area contributed by atoms with Crippen molar-refractivity contribution in [2.24, 2.45) is 0 Å². The Bertz CT molecular complexity index is 1320. The molecule has 0 amide bonds. The number of carbonyl (C=O) groups is 1. The number of carbonyl (C=O) groups excluding carboxylic acids is 1. The molecule has 0 bridgehead atoms. The Kier molecular flexibility index (Phi) is 3.76. The van der Waals surface area contributed by atoms with Crippen LogP contribution in [0, 0.1) is 6.92 Å². The fourth-order valence-corrected chi connectivity index (χ4v) is 3.48. The van der Waals surface area contributed by atoms with Crippen LogP contribution < -0.4 is 0 Å². The highest BCUT2D eigenvalue weighted by atomic mass is 16.1. The summed E-state index contributed by atoms with van der Waals surface area (Å²) < 4.78 is 0. The number of nitrogens with one attached hydrogen (secondary N) is 2. The first-order valence-electron chi connectivity index (χ1n) is 9.04. The standard InChI is InChI=1S/C22H17N5O/c1-13-3-2-4-16(24-13)11-21(28)20-10-15-9-17-19(12-18(15)25-20)26-27-22(17)14-5-7-23-8-6-14/h2-10,12,25H,11H2,1H3,(H,26,27). The van der Waals surface area contributed by atoms with Gasteiger partial charge in [-0.1, -0.05) is 6.07 Å². The number of ketones is 1. The summed E-state index contributed by atoms with van der Waals surface area (Å²) in [6, 6.07) is 15.5. The lowest BCUT2D eigenvalue weighted by atomic mass is 10.1. The second kappa shape index (κ2) is 6.42. The van der Waals surface area contributed by atoms with Crippen LogP contribution in [0.25, 0.3) is 33.1 Å². The number of aromatic amines is 2. The summed E-state index contributed by atoms with van der Waals surface area (Å²) >= 11 is 0. The van der Waals surface area contributed by atoms with E-state index in [0.29, 0.717) is 5.69 Å². The zero-order valence-corrected chi connectivity index (χ0v) is 15.2. The molecule has 0 aliphatic heterocycles. The Labute approximate surface area is 160 Å². The molecular weight excluding hydrogens is 350 g/mol. The molecule has 6 heteroatoms. The average molecular weight is 367 g/mol. The number of H-pyrrole nitrogens is 2. The van der Waals surface area contributed by atoms with Gasteiger partial charge in [0.1, 0.15) is 5.69 Å². The maximum Gasteiger partial charge on any atom is 0.184 e. The SMILES string of the molecule is Cc1cccc(CC(=O)c2cc3cc4c(-c5ccncc5)n[nH]c4cc3[nH]2)n1. The van der Waals surface area contributed by atoms with E-state index in [2.05, 4.69) is 31.2 Å². The van der Waals surface area contributed by atoms with Gasteiger partial charge in [0.2, 0.25) is 0 Å². The van der Waals surface area contributed by atoms with Crippen LogP contribution >= 0.6 is 0 Å². The van der Waals surface area contributed by atoms with Gasteiger partial charge in [-0.25, -0.2) is 0 Å². The summed E-state index contributed by atoms with van der Waals surface area (Å²) in [4.78, 5) is 24.4. The van der Waals surface area contributed by atoms with Crippen LogP contribution in [0.3, 0.4) is 0 Å². The number of fused-ring (bicyclic) bond motifs is 2. The van der Waals surface area contributed by atoms with E-state index in [1.165, 1.54) is 0 Å². The van der Waals surface area contributed by atoms with Crippen molar-refractivity contribution in [2.45, 2.75) is 13.3 Å². The molecule has 0 fully saturated rings. The lowest BCUT2D eigenvalue weighted by Gasteiger charge is -2.00. The van der Waals surface area contributed by atoms with Gasteiger partial charge in [0.05, 0.1) is 17.6 Å². The fraction of sp³-hybridized carbons (Fsp3) is 0.0909. The zero-order chi connectivity index (χ0) is 19.1. The quantitative estimate of drug-likeness (QED) is 0.465. The fourth-order valence-electron chi connectivity index (χ4n) is 3.48. The Morgan fingerprint density at radius 3 is 2.71 bits per heavy atom. The van der Waals surface area contributed by atoms with Crippen molar-refractivity contribution >= 4 is 27.6 Å². The highest BCUT2D eigenvalue weighted by Gasteiger charge is 2.14. The summed E-state index contributed by atoms with van der Waals surface area (Å²) in [6.45, 7) is 1.92. The van der Waals surface area contributed by atoms with Gasteiger partial charge in [-0.2, -0.15) is 5.10 Å². The summed E-state index contributed by atoms with van der Waals surface area (Å²) in [5.41, 5.74) is 5.96. The van der Waals surface area contributed by atoms with Gasteiger partial charge in [0.15, 0.2) is 5.78 Å². The molecule has 0 saturated carbocycles. The molecule has 0 unspecified atom stereocenters. The maximum atomic E-state index is 12.7. The predicted octanol–water partition coefficient (Wildman–Crippen LogP) is 4.24. The highest BCUT2D eigenvalue weighted by Crippen LogP contribution is 2.30. The molecule has 136 valence electrons. The number of Topliss-reactive ketones (excluding diaryl/α,β-unsaturated/α-hetero) is 1. The zero-order valence-electron chi connectivity index (χ0n) is 15.2. The Hall–Kier alpha value is -3.80. The van der Waals surface area contributed by atoms with Gasteiger partial charge in [0.25, 0.3) is 0 Å². The van der Waals surface area contributed by atoms with Gasteiger partial charge < -0.3 is 4.98 Å². The molecule has 28 heavy (non-hydrogen) atoms. The highest BCUT2D eigenvalue weighted by molar-refractivity contribution is 6.05. The van der Waals surface area contributed by atoms with E-state index in [4.69, 9.17) is 0 Å². The lowest BCUT2D eigenvalue weighted by molar-refractivity contribution is 0.0988. The van der Waals surface area contributed by atoms with E-state index >= 15 is 0 Å².